The Morgan fingerprint density at radius 2 is 2.47 bits per heavy atom. The number of ether oxygens (including phenoxy) is 1. The number of aliphatic carboxylic acids is 1. The molecule has 0 saturated carbocycles. The lowest BCUT2D eigenvalue weighted by Gasteiger charge is -2.10. The fourth-order valence-corrected chi connectivity index (χ4v) is 1.84. The summed E-state index contributed by atoms with van der Waals surface area (Å²) in [4.78, 5) is 14.9. The van der Waals surface area contributed by atoms with Crippen LogP contribution >= 0.6 is 11.3 Å². The van der Waals surface area contributed by atoms with E-state index in [9.17, 15) is 4.79 Å². The first-order valence-corrected chi connectivity index (χ1v) is 5.40. The monoisotopic (exact) mass is 231 g/mol. The fourth-order valence-electron chi connectivity index (χ4n) is 1.01. The first kappa shape index (κ1) is 12.1. The number of hydrogen-bond acceptors (Lipinski definition) is 5. The first-order valence-electron chi connectivity index (χ1n) is 4.52. The van der Waals surface area contributed by atoms with Crippen molar-refractivity contribution in [2.45, 2.75) is 19.4 Å². The molecule has 0 saturated heterocycles. The van der Waals surface area contributed by atoms with Crippen molar-refractivity contribution in [3.63, 3.8) is 0 Å². The average Bonchev–Trinajstić information content (AvgIpc) is 2.59. The van der Waals surface area contributed by atoms with Crippen LogP contribution in [0.1, 0.15) is 23.2 Å². The zero-order chi connectivity index (χ0) is 11.3. The fraction of sp³-hybridized carbons (Fsp3) is 0.556. The molecule has 6 heteroatoms. The van der Waals surface area contributed by atoms with Gasteiger partial charge in [-0.3, -0.25) is 0 Å². The van der Waals surface area contributed by atoms with Gasteiger partial charge in [-0.25, -0.2) is 9.78 Å². The Morgan fingerprint density at radius 1 is 1.73 bits per heavy atom. The summed E-state index contributed by atoms with van der Waals surface area (Å²) in [6.45, 7) is 2.00. The molecule has 0 amide bonds. The van der Waals surface area contributed by atoms with Crippen molar-refractivity contribution >= 4 is 17.3 Å². The second-order valence-corrected chi connectivity index (χ2v) is 3.88. The number of carbonyl (C=O) groups is 1. The number of thiazole rings is 1. The molecule has 1 aromatic heterocycles. The maximum Gasteiger partial charge on any atom is 0.340 e. The third kappa shape index (κ3) is 3.58. The van der Waals surface area contributed by atoms with Crippen LogP contribution in [0.5, 0.6) is 0 Å². The SMILES string of the molecule is Cc1csc(C(OCCCO)C(=O)O)n1. The molecule has 1 unspecified atom stereocenters. The minimum atomic E-state index is -1.05. The van der Waals surface area contributed by atoms with E-state index in [0.717, 1.165) is 5.69 Å². The molecule has 5 nitrogen and oxygen atoms in total. The van der Waals surface area contributed by atoms with Gasteiger partial charge in [0, 0.05) is 17.7 Å². The molecule has 84 valence electrons. The average molecular weight is 231 g/mol. The molecule has 1 rings (SSSR count). The van der Waals surface area contributed by atoms with Crippen LogP contribution in [0.3, 0.4) is 0 Å². The molecule has 15 heavy (non-hydrogen) atoms. The van der Waals surface area contributed by atoms with E-state index in [1.807, 2.05) is 0 Å². The van der Waals surface area contributed by atoms with Gasteiger partial charge in [-0.05, 0) is 13.3 Å². The summed E-state index contributed by atoms with van der Waals surface area (Å²) >= 11 is 1.26. The smallest absolute Gasteiger partial charge is 0.340 e. The molecule has 0 fully saturated rings. The number of carboxylic acid groups (broad SMARTS) is 1. The zero-order valence-corrected chi connectivity index (χ0v) is 9.16. The molecule has 2 N–H and O–H groups in total. The van der Waals surface area contributed by atoms with Gasteiger partial charge in [0.1, 0.15) is 5.01 Å². The second-order valence-electron chi connectivity index (χ2n) is 2.99. The van der Waals surface area contributed by atoms with Crippen LogP contribution in [0.2, 0.25) is 0 Å². The first-order chi connectivity index (χ1) is 7.15. The van der Waals surface area contributed by atoms with E-state index in [-0.39, 0.29) is 13.2 Å². The molecule has 1 heterocycles. The Morgan fingerprint density at radius 3 is 2.93 bits per heavy atom. The van der Waals surface area contributed by atoms with E-state index in [2.05, 4.69) is 4.98 Å². The molecule has 1 atom stereocenters. The number of aliphatic hydroxyl groups is 1. The van der Waals surface area contributed by atoms with Crippen LogP contribution < -0.4 is 0 Å². The lowest BCUT2D eigenvalue weighted by atomic mass is 10.3. The number of aromatic nitrogens is 1. The lowest BCUT2D eigenvalue weighted by molar-refractivity contribution is -0.151. The number of aliphatic hydroxyl groups excluding tert-OH is 1. The van der Waals surface area contributed by atoms with Crippen molar-refractivity contribution in [3.8, 4) is 0 Å². The molecular formula is C9H13NO4S. The summed E-state index contributed by atoms with van der Waals surface area (Å²) in [5, 5.41) is 19.7. The van der Waals surface area contributed by atoms with Crippen LogP contribution in [-0.2, 0) is 9.53 Å². The minimum Gasteiger partial charge on any atom is -0.479 e. The van der Waals surface area contributed by atoms with Gasteiger partial charge in [0.15, 0.2) is 0 Å². The van der Waals surface area contributed by atoms with Crippen molar-refractivity contribution in [1.82, 2.24) is 4.98 Å². The van der Waals surface area contributed by atoms with Gasteiger partial charge >= 0.3 is 5.97 Å². The second kappa shape index (κ2) is 5.79. The van der Waals surface area contributed by atoms with E-state index in [0.29, 0.717) is 11.4 Å². The molecule has 0 aliphatic heterocycles. The van der Waals surface area contributed by atoms with E-state index in [4.69, 9.17) is 14.9 Å². The quantitative estimate of drug-likeness (QED) is 0.713. The van der Waals surface area contributed by atoms with Crippen molar-refractivity contribution in [3.05, 3.63) is 16.1 Å². The highest BCUT2D eigenvalue weighted by Gasteiger charge is 2.23. The molecule has 0 radical (unpaired) electrons. The van der Waals surface area contributed by atoms with Gasteiger partial charge in [0.05, 0.1) is 6.61 Å². The molecule has 0 aromatic carbocycles. The van der Waals surface area contributed by atoms with Gasteiger partial charge in [-0.1, -0.05) is 0 Å². The number of carboxylic acids is 1. The highest BCUT2D eigenvalue weighted by molar-refractivity contribution is 7.09. The maximum atomic E-state index is 10.9. The minimum absolute atomic E-state index is 0.0107. The Bertz CT molecular complexity index is 326. The summed E-state index contributed by atoms with van der Waals surface area (Å²) in [5.41, 5.74) is 0.784. The van der Waals surface area contributed by atoms with Crippen LogP contribution in [0.15, 0.2) is 5.38 Å². The van der Waals surface area contributed by atoms with Gasteiger partial charge in [0.2, 0.25) is 6.10 Å². The van der Waals surface area contributed by atoms with E-state index < -0.39 is 12.1 Å². The number of nitrogens with zero attached hydrogens (tertiary/aromatic N) is 1. The van der Waals surface area contributed by atoms with Crippen LogP contribution in [-0.4, -0.2) is 34.4 Å². The normalized spacial score (nSPS) is 12.7. The summed E-state index contributed by atoms with van der Waals surface area (Å²) in [6.07, 6.45) is -0.594. The third-order valence-electron chi connectivity index (χ3n) is 1.67. The highest BCUT2D eigenvalue weighted by Crippen LogP contribution is 2.21. The summed E-state index contributed by atoms with van der Waals surface area (Å²) in [5.74, 6) is -1.05. The van der Waals surface area contributed by atoms with Gasteiger partial charge in [-0.2, -0.15) is 0 Å². The van der Waals surface area contributed by atoms with E-state index in [1.54, 1.807) is 12.3 Å². The number of hydrogen-bond donors (Lipinski definition) is 2. The van der Waals surface area contributed by atoms with Gasteiger partial charge in [-0.15, -0.1) is 11.3 Å². The van der Waals surface area contributed by atoms with Crippen LogP contribution in [0.4, 0.5) is 0 Å². The molecule has 1 aromatic rings. The van der Waals surface area contributed by atoms with Gasteiger partial charge < -0.3 is 14.9 Å². The van der Waals surface area contributed by atoms with Crippen molar-refractivity contribution in [2.24, 2.45) is 0 Å². The molecule has 0 aliphatic carbocycles. The standard InChI is InChI=1S/C9H13NO4S/c1-6-5-15-8(10-6)7(9(12)13)14-4-2-3-11/h5,7,11H,2-4H2,1H3,(H,12,13). The van der Waals surface area contributed by atoms with Crippen molar-refractivity contribution < 1.29 is 19.7 Å². The summed E-state index contributed by atoms with van der Waals surface area (Å²) in [7, 11) is 0. The molecule has 0 spiro atoms. The maximum absolute atomic E-state index is 10.9. The van der Waals surface area contributed by atoms with Crippen molar-refractivity contribution in [1.29, 1.82) is 0 Å². The topological polar surface area (TPSA) is 79.7 Å². The van der Waals surface area contributed by atoms with Gasteiger partial charge in [0.25, 0.3) is 0 Å². The summed E-state index contributed by atoms with van der Waals surface area (Å²) < 4.78 is 5.13. The third-order valence-corrected chi connectivity index (χ3v) is 2.68. The highest BCUT2D eigenvalue weighted by atomic mass is 32.1. The summed E-state index contributed by atoms with van der Waals surface area (Å²) in [6, 6.07) is 0. The predicted octanol–water partition coefficient (Wildman–Crippen LogP) is 0.976. The van der Waals surface area contributed by atoms with E-state index in [1.165, 1.54) is 11.3 Å². The van der Waals surface area contributed by atoms with Crippen LogP contribution in [0.25, 0.3) is 0 Å². The predicted molar refractivity (Wildman–Crippen MR) is 54.9 cm³/mol. The van der Waals surface area contributed by atoms with Crippen LogP contribution in [0, 0.1) is 6.92 Å². The number of rotatable bonds is 6. The number of aryl methyl sites for hydroxylation is 1. The Hall–Kier alpha value is -0.980. The molecule has 0 aliphatic rings. The Labute approximate surface area is 91.3 Å². The molecular weight excluding hydrogens is 218 g/mol. The Kier molecular flexibility index (Phi) is 4.67. The zero-order valence-electron chi connectivity index (χ0n) is 8.34. The van der Waals surface area contributed by atoms with Crippen molar-refractivity contribution in [2.75, 3.05) is 13.2 Å². The molecule has 0 bridgehead atoms. The lowest BCUT2D eigenvalue weighted by Crippen LogP contribution is -2.16. The largest absolute Gasteiger partial charge is 0.479 e. The van der Waals surface area contributed by atoms with E-state index >= 15 is 0 Å². The Balaban J connectivity index is 2.62.